The summed E-state index contributed by atoms with van der Waals surface area (Å²) >= 11 is 0. The normalized spacial score (nSPS) is 11.4. The summed E-state index contributed by atoms with van der Waals surface area (Å²) in [6.07, 6.45) is 0. The second-order valence-electron chi connectivity index (χ2n) is 11.6. The lowest BCUT2D eigenvalue weighted by atomic mass is 10.1. The number of halogens is 5. The molecule has 0 aliphatic rings. The standard InChI is InChI=1S/C42H27F5Si/c43-33-22-31(23-34(44)26-33)28-10-16-38(17-11-28)48(37-6-2-1-3-7-37,40-20-14-30(15-21-40)41-8-4-5-9-42(41)47)39-18-12-29(13-19-39)32-24-35(45)27-36(46)25-32/h1-27H. The van der Waals surface area contributed by atoms with Gasteiger partial charge in [0.15, 0.2) is 8.07 Å². The molecule has 0 amide bonds. The molecule has 7 aromatic rings. The largest absolute Gasteiger partial charge is 0.207 e. The summed E-state index contributed by atoms with van der Waals surface area (Å²) in [5.74, 6) is -2.94. The molecule has 0 atom stereocenters. The third-order valence-corrected chi connectivity index (χ3v) is 13.5. The molecule has 0 heterocycles. The van der Waals surface area contributed by atoms with Gasteiger partial charge >= 0.3 is 0 Å². The Bertz CT molecular complexity index is 2080. The Hall–Kier alpha value is -5.59. The number of hydrogen-bond acceptors (Lipinski definition) is 0. The summed E-state index contributed by atoms with van der Waals surface area (Å²) < 4.78 is 71.3. The van der Waals surface area contributed by atoms with Crippen LogP contribution < -0.4 is 20.7 Å². The Kier molecular flexibility index (Phi) is 8.34. The van der Waals surface area contributed by atoms with Gasteiger partial charge in [-0.2, -0.15) is 0 Å². The molecular formula is C42H27F5Si. The van der Waals surface area contributed by atoms with Crippen LogP contribution in [-0.4, -0.2) is 8.07 Å². The lowest BCUT2D eigenvalue weighted by molar-refractivity contribution is 0.583. The van der Waals surface area contributed by atoms with Crippen molar-refractivity contribution in [2.24, 2.45) is 0 Å². The van der Waals surface area contributed by atoms with Crippen molar-refractivity contribution in [1.82, 2.24) is 0 Å². The van der Waals surface area contributed by atoms with Crippen molar-refractivity contribution in [3.05, 3.63) is 193 Å². The van der Waals surface area contributed by atoms with Crippen molar-refractivity contribution < 1.29 is 22.0 Å². The quantitative estimate of drug-likeness (QED) is 0.0916. The minimum Gasteiger partial charge on any atom is -0.207 e. The van der Waals surface area contributed by atoms with Crippen molar-refractivity contribution in [3.63, 3.8) is 0 Å². The van der Waals surface area contributed by atoms with Crippen LogP contribution in [0.15, 0.2) is 164 Å². The first-order chi connectivity index (χ1) is 23.3. The van der Waals surface area contributed by atoms with E-state index < -0.39 is 31.3 Å². The molecule has 0 saturated heterocycles. The van der Waals surface area contributed by atoms with Crippen molar-refractivity contribution >= 4 is 28.8 Å². The summed E-state index contributed by atoms with van der Waals surface area (Å²) in [6.45, 7) is 0. The van der Waals surface area contributed by atoms with Crippen LogP contribution in [0.2, 0.25) is 0 Å². The van der Waals surface area contributed by atoms with Gasteiger partial charge in [-0.25, -0.2) is 22.0 Å². The maximum Gasteiger partial charge on any atom is 0.179 e. The lowest BCUT2D eigenvalue weighted by Gasteiger charge is -2.35. The average Bonchev–Trinajstić information content (AvgIpc) is 3.09. The van der Waals surface area contributed by atoms with Crippen LogP contribution >= 0.6 is 0 Å². The molecule has 48 heavy (non-hydrogen) atoms. The van der Waals surface area contributed by atoms with Crippen molar-refractivity contribution in [1.29, 1.82) is 0 Å². The van der Waals surface area contributed by atoms with Crippen LogP contribution in [0.25, 0.3) is 33.4 Å². The second-order valence-corrected chi connectivity index (χ2v) is 15.5. The predicted octanol–water partition coefficient (Wildman–Crippen LogP) is 8.76. The molecule has 7 aromatic carbocycles. The summed E-state index contributed by atoms with van der Waals surface area (Å²) in [5, 5.41) is 4.08. The third-order valence-electron chi connectivity index (χ3n) is 8.74. The molecule has 0 unspecified atom stereocenters. The topological polar surface area (TPSA) is 0 Å². The second kappa shape index (κ2) is 12.9. The Morgan fingerprint density at radius 1 is 0.292 bits per heavy atom. The molecule has 0 aliphatic heterocycles. The Balaban J connectivity index is 1.44. The minimum atomic E-state index is -3.12. The maximum atomic E-state index is 14.8. The molecule has 0 saturated carbocycles. The van der Waals surface area contributed by atoms with E-state index in [4.69, 9.17) is 0 Å². The molecule has 7 rings (SSSR count). The Labute approximate surface area is 276 Å². The van der Waals surface area contributed by atoms with Crippen LogP contribution in [0.1, 0.15) is 0 Å². The van der Waals surface area contributed by atoms with E-state index in [0.29, 0.717) is 27.8 Å². The lowest BCUT2D eigenvalue weighted by Crippen LogP contribution is -2.74. The Morgan fingerprint density at radius 3 is 1.06 bits per heavy atom. The molecule has 0 N–H and O–H groups in total. The van der Waals surface area contributed by atoms with E-state index in [-0.39, 0.29) is 5.82 Å². The van der Waals surface area contributed by atoms with Gasteiger partial charge in [0.25, 0.3) is 0 Å². The van der Waals surface area contributed by atoms with Crippen molar-refractivity contribution in [3.8, 4) is 33.4 Å². The zero-order valence-electron chi connectivity index (χ0n) is 25.5. The van der Waals surface area contributed by atoms with Gasteiger partial charge in [0.05, 0.1) is 0 Å². The highest BCUT2D eigenvalue weighted by molar-refractivity contribution is 7.19. The van der Waals surface area contributed by atoms with Crippen LogP contribution in [0.4, 0.5) is 22.0 Å². The van der Waals surface area contributed by atoms with Gasteiger partial charge < -0.3 is 0 Å². The monoisotopic (exact) mass is 654 g/mol. The van der Waals surface area contributed by atoms with E-state index in [1.807, 2.05) is 91.0 Å². The molecule has 0 bridgehead atoms. The van der Waals surface area contributed by atoms with E-state index >= 15 is 0 Å². The fraction of sp³-hybridized carbons (Fsp3) is 0. The van der Waals surface area contributed by atoms with Gasteiger partial charge in [-0.05, 0) is 78.9 Å². The zero-order valence-corrected chi connectivity index (χ0v) is 26.5. The molecule has 0 fully saturated rings. The van der Waals surface area contributed by atoms with E-state index in [1.54, 1.807) is 18.2 Å². The number of rotatable bonds is 7. The highest BCUT2D eigenvalue weighted by atomic mass is 28.3. The summed E-state index contributed by atoms with van der Waals surface area (Å²) in [5.41, 5.74) is 3.39. The Morgan fingerprint density at radius 2 is 0.646 bits per heavy atom. The third kappa shape index (κ3) is 5.87. The molecule has 0 nitrogen and oxygen atoms in total. The average molecular weight is 655 g/mol. The predicted molar refractivity (Wildman–Crippen MR) is 186 cm³/mol. The smallest absolute Gasteiger partial charge is 0.179 e. The minimum absolute atomic E-state index is 0.314. The fourth-order valence-corrected chi connectivity index (χ4v) is 11.2. The molecular weight excluding hydrogens is 628 g/mol. The SMILES string of the molecule is Fc1cc(F)cc(-c2ccc([Si](c3ccccc3)(c3ccc(-c4cc(F)cc(F)c4)cc3)c3ccc(-c4ccccc4F)cc3)cc2)c1. The fourth-order valence-electron chi connectivity index (χ4n) is 6.55. The van der Waals surface area contributed by atoms with Gasteiger partial charge in [-0.15, -0.1) is 0 Å². The van der Waals surface area contributed by atoms with Crippen LogP contribution in [0, 0.1) is 29.1 Å². The number of benzene rings is 7. The summed E-state index contributed by atoms with van der Waals surface area (Å²) in [7, 11) is -3.12. The molecule has 0 aliphatic carbocycles. The van der Waals surface area contributed by atoms with Crippen LogP contribution in [-0.2, 0) is 0 Å². The van der Waals surface area contributed by atoms with E-state index in [9.17, 15) is 22.0 Å². The zero-order chi connectivity index (χ0) is 33.3. The first-order valence-electron chi connectivity index (χ1n) is 15.4. The van der Waals surface area contributed by atoms with Crippen molar-refractivity contribution in [2.45, 2.75) is 0 Å². The molecule has 0 spiro atoms. The summed E-state index contributed by atoms with van der Waals surface area (Å²) in [6, 6.07) is 47.0. The molecule has 0 radical (unpaired) electrons. The highest BCUT2D eigenvalue weighted by Crippen LogP contribution is 2.26. The summed E-state index contributed by atoms with van der Waals surface area (Å²) in [4.78, 5) is 0. The van der Waals surface area contributed by atoms with Gasteiger partial charge in [-0.3, -0.25) is 0 Å². The van der Waals surface area contributed by atoms with Crippen molar-refractivity contribution in [2.75, 3.05) is 0 Å². The maximum absolute atomic E-state index is 14.8. The van der Waals surface area contributed by atoms with E-state index in [0.717, 1.165) is 38.4 Å². The van der Waals surface area contributed by atoms with E-state index in [1.165, 1.54) is 30.3 Å². The molecule has 6 heteroatoms. The number of hydrogen-bond donors (Lipinski definition) is 0. The molecule has 234 valence electrons. The first kappa shape index (κ1) is 31.0. The van der Waals surface area contributed by atoms with Crippen LogP contribution in [0.3, 0.4) is 0 Å². The van der Waals surface area contributed by atoms with Crippen LogP contribution in [0.5, 0.6) is 0 Å². The van der Waals surface area contributed by atoms with Gasteiger partial charge in [0.2, 0.25) is 0 Å². The first-order valence-corrected chi connectivity index (χ1v) is 17.4. The van der Waals surface area contributed by atoms with Gasteiger partial charge in [0.1, 0.15) is 29.1 Å². The highest BCUT2D eigenvalue weighted by Gasteiger charge is 2.41. The molecule has 0 aromatic heterocycles. The van der Waals surface area contributed by atoms with Gasteiger partial charge in [-0.1, -0.05) is 121 Å². The van der Waals surface area contributed by atoms with Gasteiger partial charge in [0, 0.05) is 17.7 Å². The van der Waals surface area contributed by atoms with E-state index in [2.05, 4.69) is 12.1 Å².